The first-order valence-corrected chi connectivity index (χ1v) is 6.87. The monoisotopic (exact) mass is 300 g/mol. The zero-order valence-electron chi connectivity index (χ0n) is 12.5. The van der Waals surface area contributed by atoms with E-state index in [0.717, 1.165) is 24.6 Å². The Balaban J connectivity index is 0.00000200. The molecule has 0 amide bonds. The van der Waals surface area contributed by atoms with Gasteiger partial charge in [0.15, 0.2) is 0 Å². The van der Waals surface area contributed by atoms with Gasteiger partial charge >= 0.3 is 0 Å². The molecule has 1 N–H and O–H groups in total. The van der Waals surface area contributed by atoms with E-state index in [0.29, 0.717) is 6.04 Å². The molecule has 114 valence electrons. The number of methoxy groups -OCH3 is 2. The fraction of sp³-hybridized carbons (Fsp3) is 0.600. The summed E-state index contributed by atoms with van der Waals surface area (Å²) in [5, 5.41) is 3.28. The molecule has 0 radical (unpaired) electrons. The van der Waals surface area contributed by atoms with Crippen molar-refractivity contribution in [1.82, 2.24) is 10.2 Å². The smallest absolute Gasteiger partial charge is 0.122 e. The van der Waals surface area contributed by atoms with E-state index in [4.69, 9.17) is 9.47 Å². The van der Waals surface area contributed by atoms with Crippen LogP contribution >= 0.6 is 12.4 Å². The Morgan fingerprint density at radius 3 is 2.40 bits per heavy atom. The lowest BCUT2D eigenvalue weighted by Gasteiger charge is -2.24. The number of ether oxygens (including phenoxy) is 2. The van der Waals surface area contributed by atoms with Gasteiger partial charge in [-0.1, -0.05) is 0 Å². The Hall–Kier alpha value is -0.970. The number of nitrogens with one attached hydrogen (secondary N) is 1. The Bertz CT molecular complexity index is 393. The third-order valence-corrected chi connectivity index (χ3v) is 3.74. The van der Waals surface area contributed by atoms with Crippen LogP contribution in [0.25, 0.3) is 0 Å². The van der Waals surface area contributed by atoms with Crippen LogP contribution < -0.4 is 14.8 Å². The SMILES string of the molecule is CNCC1CCCN1Cc1cc(OC)cc(OC)c1.Cl. The van der Waals surface area contributed by atoms with Crippen LogP contribution in [0, 0.1) is 0 Å². The number of hydrogen-bond acceptors (Lipinski definition) is 4. The molecule has 0 bridgehead atoms. The van der Waals surface area contributed by atoms with Crippen LogP contribution in [0.1, 0.15) is 18.4 Å². The number of rotatable bonds is 6. The standard InChI is InChI=1S/C15H24N2O2.ClH/c1-16-10-13-5-4-6-17(13)11-12-7-14(18-2)9-15(8-12)19-3;/h7-9,13,16H,4-6,10-11H2,1-3H3;1H. The van der Waals surface area contributed by atoms with E-state index in [1.807, 2.05) is 13.1 Å². The molecule has 1 aromatic carbocycles. The highest BCUT2D eigenvalue weighted by atomic mass is 35.5. The highest BCUT2D eigenvalue weighted by Gasteiger charge is 2.23. The van der Waals surface area contributed by atoms with E-state index >= 15 is 0 Å². The average Bonchev–Trinajstić information content (AvgIpc) is 2.86. The number of likely N-dealkylation sites (tertiary alicyclic amines) is 1. The van der Waals surface area contributed by atoms with Gasteiger partial charge in [0.1, 0.15) is 11.5 Å². The van der Waals surface area contributed by atoms with Gasteiger partial charge < -0.3 is 14.8 Å². The van der Waals surface area contributed by atoms with Crippen molar-refractivity contribution in [3.8, 4) is 11.5 Å². The molecule has 0 aromatic heterocycles. The van der Waals surface area contributed by atoms with Gasteiger partial charge in [0.2, 0.25) is 0 Å². The van der Waals surface area contributed by atoms with Crippen molar-refractivity contribution in [2.75, 3.05) is 34.4 Å². The van der Waals surface area contributed by atoms with E-state index in [1.54, 1.807) is 14.2 Å². The number of halogens is 1. The van der Waals surface area contributed by atoms with Gasteiger partial charge in [0.05, 0.1) is 14.2 Å². The minimum atomic E-state index is 0. The Kier molecular flexibility index (Phi) is 7.13. The summed E-state index contributed by atoms with van der Waals surface area (Å²) in [6.07, 6.45) is 2.56. The topological polar surface area (TPSA) is 33.7 Å². The quantitative estimate of drug-likeness (QED) is 0.874. The van der Waals surface area contributed by atoms with Crippen molar-refractivity contribution in [2.24, 2.45) is 0 Å². The first-order valence-electron chi connectivity index (χ1n) is 6.87. The van der Waals surface area contributed by atoms with Crippen LogP contribution in [0.2, 0.25) is 0 Å². The van der Waals surface area contributed by atoms with Gasteiger partial charge in [-0.3, -0.25) is 4.90 Å². The highest BCUT2D eigenvalue weighted by Crippen LogP contribution is 2.26. The van der Waals surface area contributed by atoms with Crippen molar-refractivity contribution < 1.29 is 9.47 Å². The van der Waals surface area contributed by atoms with E-state index in [2.05, 4.69) is 22.3 Å². The molecule has 2 rings (SSSR count). The molecule has 5 heteroatoms. The van der Waals surface area contributed by atoms with Crippen LogP contribution in [0.4, 0.5) is 0 Å². The fourth-order valence-corrected chi connectivity index (χ4v) is 2.76. The van der Waals surface area contributed by atoms with Gasteiger partial charge in [0.25, 0.3) is 0 Å². The lowest BCUT2D eigenvalue weighted by molar-refractivity contribution is 0.241. The lowest BCUT2D eigenvalue weighted by atomic mass is 10.1. The number of hydrogen-bond donors (Lipinski definition) is 1. The van der Waals surface area contributed by atoms with Crippen molar-refractivity contribution in [3.63, 3.8) is 0 Å². The van der Waals surface area contributed by atoms with Crippen LogP contribution in [-0.4, -0.2) is 45.3 Å². The number of likely N-dealkylation sites (N-methyl/N-ethyl adjacent to an activating group) is 1. The minimum absolute atomic E-state index is 0. The van der Waals surface area contributed by atoms with Crippen molar-refractivity contribution in [2.45, 2.75) is 25.4 Å². The molecule has 20 heavy (non-hydrogen) atoms. The maximum atomic E-state index is 5.33. The van der Waals surface area contributed by atoms with Gasteiger partial charge in [-0.2, -0.15) is 0 Å². The highest BCUT2D eigenvalue weighted by molar-refractivity contribution is 5.85. The number of nitrogens with zero attached hydrogens (tertiary/aromatic N) is 1. The van der Waals surface area contributed by atoms with Gasteiger partial charge in [-0.05, 0) is 44.1 Å². The molecule has 0 aliphatic carbocycles. The molecule has 0 saturated carbocycles. The maximum absolute atomic E-state index is 5.33. The second-order valence-electron chi connectivity index (χ2n) is 5.05. The third kappa shape index (κ3) is 4.27. The first-order chi connectivity index (χ1) is 9.26. The molecule has 0 spiro atoms. The summed E-state index contributed by atoms with van der Waals surface area (Å²) in [4.78, 5) is 2.53. The molecule has 1 aliphatic heterocycles. The maximum Gasteiger partial charge on any atom is 0.122 e. The Morgan fingerprint density at radius 2 is 1.85 bits per heavy atom. The molecular weight excluding hydrogens is 276 g/mol. The minimum Gasteiger partial charge on any atom is -0.497 e. The summed E-state index contributed by atoms with van der Waals surface area (Å²) >= 11 is 0. The summed E-state index contributed by atoms with van der Waals surface area (Å²) in [5.74, 6) is 1.72. The Morgan fingerprint density at radius 1 is 1.20 bits per heavy atom. The molecule has 1 atom stereocenters. The third-order valence-electron chi connectivity index (χ3n) is 3.74. The van der Waals surface area contributed by atoms with Crippen LogP contribution in [0.5, 0.6) is 11.5 Å². The van der Waals surface area contributed by atoms with Crippen molar-refractivity contribution in [3.05, 3.63) is 23.8 Å². The first kappa shape index (κ1) is 17.1. The molecular formula is C15H25ClN2O2. The average molecular weight is 301 g/mol. The molecule has 1 fully saturated rings. The molecule has 1 unspecified atom stereocenters. The predicted molar refractivity (Wildman–Crippen MR) is 84.2 cm³/mol. The van der Waals surface area contributed by atoms with E-state index in [9.17, 15) is 0 Å². The van der Waals surface area contributed by atoms with Gasteiger partial charge in [-0.15, -0.1) is 12.4 Å². The van der Waals surface area contributed by atoms with Crippen LogP contribution in [0.3, 0.4) is 0 Å². The zero-order valence-corrected chi connectivity index (χ0v) is 13.3. The second kappa shape index (κ2) is 8.35. The van der Waals surface area contributed by atoms with Crippen LogP contribution in [-0.2, 0) is 6.54 Å². The van der Waals surface area contributed by atoms with Crippen molar-refractivity contribution in [1.29, 1.82) is 0 Å². The summed E-state index contributed by atoms with van der Waals surface area (Å²) in [6.45, 7) is 3.19. The van der Waals surface area contributed by atoms with Gasteiger partial charge in [0, 0.05) is 25.2 Å². The van der Waals surface area contributed by atoms with Gasteiger partial charge in [-0.25, -0.2) is 0 Å². The summed E-state index contributed by atoms with van der Waals surface area (Å²) < 4.78 is 10.7. The Labute approximate surface area is 127 Å². The fourth-order valence-electron chi connectivity index (χ4n) is 2.76. The zero-order chi connectivity index (χ0) is 13.7. The normalized spacial score (nSPS) is 18.6. The van der Waals surface area contributed by atoms with E-state index in [1.165, 1.54) is 24.9 Å². The summed E-state index contributed by atoms with van der Waals surface area (Å²) in [6, 6.07) is 6.75. The van der Waals surface area contributed by atoms with Crippen LogP contribution in [0.15, 0.2) is 18.2 Å². The summed E-state index contributed by atoms with van der Waals surface area (Å²) in [5.41, 5.74) is 1.25. The largest absolute Gasteiger partial charge is 0.497 e. The second-order valence-corrected chi connectivity index (χ2v) is 5.05. The molecule has 1 saturated heterocycles. The molecule has 4 nitrogen and oxygen atoms in total. The molecule has 1 heterocycles. The van der Waals surface area contributed by atoms with E-state index < -0.39 is 0 Å². The number of benzene rings is 1. The van der Waals surface area contributed by atoms with Crippen molar-refractivity contribution >= 4 is 12.4 Å². The molecule has 1 aliphatic rings. The lowest BCUT2D eigenvalue weighted by Crippen LogP contribution is -2.36. The predicted octanol–water partition coefficient (Wildman–Crippen LogP) is 2.31. The van der Waals surface area contributed by atoms with E-state index in [-0.39, 0.29) is 12.4 Å². The molecule has 1 aromatic rings. The summed E-state index contributed by atoms with van der Waals surface area (Å²) in [7, 11) is 5.40.